The van der Waals surface area contributed by atoms with Gasteiger partial charge in [0.2, 0.25) is 0 Å². The van der Waals surface area contributed by atoms with Gasteiger partial charge < -0.3 is 14.2 Å². The van der Waals surface area contributed by atoms with Crippen LogP contribution in [0.3, 0.4) is 0 Å². The minimum atomic E-state index is -0.377. The first kappa shape index (κ1) is 25.5. The van der Waals surface area contributed by atoms with Crippen LogP contribution in [-0.2, 0) is 6.61 Å². The van der Waals surface area contributed by atoms with E-state index in [-0.39, 0.29) is 12.5 Å². The molecule has 6 nitrogen and oxygen atoms in total. The summed E-state index contributed by atoms with van der Waals surface area (Å²) < 4.78 is 17.9. The predicted molar refractivity (Wildman–Crippen MR) is 147 cm³/mol. The lowest BCUT2D eigenvalue weighted by molar-refractivity contribution is 0.0952. The summed E-state index contributed by atoms with van der Waals surface area (Å²) in [5, 5.41) is 6.69. The quantitative estimate of drug-likeness (QED) is 0.175. The number of ether oxygens (including phenoxy) is 3. The Morgan fingerprint density at radius 1 is 1.00 bits per heavy atom. The number of hydrogen-bond donors (Lipinski definition) is 1. The molecule has 0 unspecified atom stereocenters. The summed E-state index contributed by atoms with van der Waals surface area (Å²) in [6.45, 7) is 2.63. The van der Waals surface area contributed by atoms with E-state index < -0.39 is 0 Å². The van der Waals surface area contributed by atoms with Crippen molar-refractivity contribution in [3.8, 4) is 17.2 Å². The molecule has 4 aromatic rings. The van der Waals surface area contributed by atoms with Gasteiger partial charge in [-0.15, -0.1) is 0 Å². The highest BCUT2D eigenvalue weighted by atomic mass is 79.9. The highest BCUT2D eigenvalue weighted by Crippen LogP contribution is 2.37. The van der Waals surface area contributed by atoms with Crippen LogP contribution in [0.5, 0.6) is 17.2 Å². The van der Waals surface area contributed by atoms with Crippen LogP contribution in [-0.4, -0.2) is 25.8 Å². The fraction of sp³-hybridized carbons (Fsp3) is 0.143. The second-order valence-electron chi connectivity index (χ2n) is 7.74. The maximum Gasteiger partial charge on any atom is 0.275 e. The maximum absolute atomic E-state index is 12.8. The van der Waals surface area contributed by atoms with Crippen LogP contribution in [0.25, 0.3) is 10.8 Å². The van der Waals surface area contributed by atoms with Crippen LogP contribution in [0.2, 0.25) is 5.02 Å². The smallest absolute Gasteiger partial charge is 0.275 e. The molecule has 0 fully saturated rings. The first-order chi connectivity index (χ1) is 17.5. The Hall–Kier alpha value is -3.55. The van der Waals surface area contributed by atoms with E-state index in [9.17, 15) is 4.79 Å². The van der Waals surface area contributed by atoms with Gasteiger partial charge in [0.05, 0.1) is 30.0 Å². The van der Waals surface area contributed by atoms with Gasteiger partial charge in [-0.05, 0) is 69.5 Å². The van der Waals surface area contributed by atoms with E-state index in [1.54, 1.807) is 12.1 Å². The summed E-state index contributed by atoms with van der Waals surface area (Å²) in [4.78, 5) is 12.8. The van der Waals surface area contributed by atoms with Gasteiger partial charge >= 0.3 is 0 Å². The number of carbonyl (C=O) groups is 1. The third-order valence-electron chi connectivity index (χ3n) is 5.35. The van der Waals surface area contributed by atoms with Crippen molar-refractivity contribution < 1.29 is 19.0 Å². The number of halogens is 2. The van der Waals surface area contributed by atoms with Crippen molar-refractivity contribution in [2.75, 3.05) is 13.7 Å². The molecule has 4 aromatic carbocycles. The zero-order chi connectivity index (χ0) is 25.5. The van der Waals surface area contributed by atoms with E-state index in [1.165, 1.54) is 13.3 Å². The van der Waals surface area contributed by atoms with Gasteiger partial charge in [-0.25, -0.2) is 5.43 Å². The van der Waals surface area contributed by atoms with Crippen LogP contribution in [0, 0.1) is 0 Å². The van der Waals surface area contributed by atoms with Crippen molar-refractivity contribution in [2.24, 2.45) is 5.10 Å². The average Bonchev–Trinajstić information content (AvgIpc) is 2.88. The molecule has 36 heavy (non-hydrogen) atoms. The molecule has 8 heteroatoms. The molecule has 184 valence electrons. The van der Waals surface area contributed by atoms with Crippen molar-refractivity contribution in [3.63, 3.8) is 0 Å². The first-order valence-electron chi connectivity index (χ1n) is 11.2. The van der Waals surface area contributed by atoms with Crippen LogP contribution in [0.15, 0.2) is 82.4 Å². The Kier molecular flexibility index (Phi) is 8.46. The summed E-state index contributed by atoms with van der Waals surface area (Å²) in [6.07, 6.45) is 1.54. The number of carbonyl (C=O) groups excluding carboxylic acids is 1. The van der Waals surface area contributed by atoms with E-state index in [0.29, 0.717) is 44.5 Å². The molecule has 1 amide bonds. The van der Waals surface area contributed by atoms with E-state index >= 15 is 0 Å². The van der Waals surface area contributed by atoms with Crippen molar-refractivity contribution in [1.82, 2.24) is 5.43 Å². The molecule has 0 saturated carbocycles. The summed E-state index contributed by atoms with van der Waals surface area (Å²) in [6, 6.07) is 22.5. The number of nitrogens with zero attached hydrogens (tertiary/aromatic N) is 1. The number of rotatable bonds is 9. The molecule has 0 aromatic heterocycles. The van der Waals surface area contributed by atoms with E-state index in [1.807, 2.05) is 67.6 Å². The normalized spacial score (nSPS) is 11.0. The van der Waals surface area contributed by atoms with E-state index in [4.69, 9.17) is 25.8 Å². The predicted octanol–water partition coefficient (Wildman–Crippen LogP) is 7.01. The number of hydrogen-bond acceptors (Lipinski definition) is 5. The summed E-state index contributed by atoms with van der Waals surface area (Å²) >= 11 is 9.80. The number of fused-ring (bicyclic) bond motifs is 1. The molecule has 0 bridgehead atoms. The van der Waals surface area contributed by atoms with Crippen LogP contribution in [0.1, 0.15) is 28.4 Å². The van der Waals surface area contributed by atoms with E-state index in [2.05, 4.69) is 26.5 Å². The zero-order valence-corrected chi connectivity index (χ0v) is 22.1. The Labute approximate surface area is 223 Å². The molecule has 0 aliphatic heterocycles. The number of methoxy groups -OCH3 is 1. The lowest BCUT2D eigenvalue weighted by Crippen LogP contribution is -2.18. The number of hydrazone groups is 1. The molecule has 0 heterocycles. The number of nitrogens with one attached hydrogen (secondary N) is 1. The summed E-state index contributed by atoms with van der Waals surface area (Å²) in [5.74, 6) is 1.20. The molecule has 0 aliphatic carbocycles. The standard InChI is InChI=1S/C28H24BrClN2O4/c1-3-35-26-13-18(12-23(29)27(26)36-17-21-10-6-7-11-24(21)30)16-31-32-28(33)22-14-19-8-4-5-9-20(19)15-25(22)34-2/h4-16H,3,17H2,1-2H3,(H,32,33)/b31-16-. The fourth-order valence-electron chi connectivity index (χ4n) is 3.62. The van der Waals surface area contributed by atoms with Crippen molar-refractivity contribution >= 4 is 50.4 Å². The van der Waals surface area contributed by atoms with Gasteiger partial charge in [-0.1, -0.05) is 54.1 Å². The third-order valence-corrected chi connectivity index (χ3v) is 6.31. The van der Waals surface area contributed by atoms with Gasteiger partial charge in [0, 0.05) is 10.6 Å². The molecular weight excluding hydrogens is 544 g/mol. The SMILES string of the molecule is CCOc1cc(/C=N\NC(=O)c2cc3ccccc3cc2OC)cc(Br)c1OCc1ccccc1Cl. The Morgan fingerprint density at radius 3 is 2.44 bits per heavy atom. The second-order valence-corrected chi connectivity index (χ2v) is 9.00. The Bertz CT molecular complexity index is 1420. The largest absolute Gasteiger partial charge is 0.496 e. The highest BCUT2D eigenvalue weighted by molar-refractivity contribution is 9.10. The van der Waals surface area contributed by atoms with Gasteiger partial charge in [-0.3, -0.25) is 4.79 Å². The average molecular weight is 568 g/mol. The van der Waals surface area contributed by atoms with Crippen molar-refractivity contribution in [3.05, 3.63) is 99.0 Å². The molecule has 0 radical (unpaired) electrons. The minimum Gasteiger partial charge on any atom is -0.496 e. The van der Waals surface area contributed by atoms with E-state index in [0.717, 1.165) is 16.3 Å². The van der Waals surface area contributed by atoms with Crippen LogP contribution < -0.4 is 19.6 Å². The van der Waals surface area contributed by atoms with Crippen LogP contribution >= 0.6 is 27.5 Å². The third kappa shape index (κ3) is 5.98. The Morgan fingerprint density at radius 2 is 1.72 bits per heavy atom. The Balaban J connectivity index is 1.51. The van der Waals surface area contributed by atoms with Crippen molar-refractivity contribution in [2.45, 2.75) is 13.5 Å². The summed E-state index contributed by atoms with van der Waals surface area (Å²) in [7, 11) is 1.53. The molecule has 4 rings (SSSR count). The molecule has 0 saturated heterocycles. The first-order valence-corrected chi connectivity index (χ1v) is 12.4. The second kappa shape index (κ2) is 11.9. The molecule has 0 atom stereocenters. The molecule has 0 spiro atoms. The van der Waals surface area contributed by atoms with Crippen LogP contribution in [0.4, 0.5) is 0 Å². The maximum atomic E-state index is 12.8. The monoisotopic (exact) mass is 566 g/mol. The fourth-order valence-corrected chi connectivity index (χ4v) is 4.39. The van der Waals surface area contributed by atoms with Gasteiger partial charge in [0.25, 0.3) is 5.91 Å². The van der Waals surface area contributed by atoms with Gasteiger partial charge in [0.1, 0.15) is 12.4 Å². The highest BCUT2D eigenvalue weighted by Gasteiger charge is 2.15. The summed E-state index contributed by atoms with van der Waals surface area (Å²) in [5.41, 5.74) is 4.55. The lowest BCUT2D eigenvalue weighted by atomic mass is 10.1. The van der Waals surface area contributed by atoms with Gasteiger partial charge in [0.15, 0.2) is 11.5 Å². The molecule has 1 N–H and O–H groups in total. The van der Waals surface area contributed by atoms with Gasteiger partial charge in [-0.2, -0.15) is 5.10 Å². The lowest BCUT2D eigenvalue weighted by Gasteiger charge is -2.15. The molecule has 0 aliphatic rings. The minimum absolute atomic E-state index is 0.287. The topological polar surface area (TPSA) is 69.2 Å². The number of benzene rings is 4. The number of amides is 1. The van der Waals surface area contributed by atoms with Crippen molar-refractivity contribution in [1.29, 1.82) is 0 Å². The molecular formula is C28H24BrClN2O4. The zero-order valence-electron chi connectivity index (χ0n) is 19.8.